The van der Waals surface area contributed by atoms with E-state index in [2.05, 4.69) is 5.32 Å². The molecular formula is C16H23NO4. The van der Waals surface area contributed by atoms with Crippen molar-refractivity contribution in [1.82, 2.24) is 5.32 Å². The minimum absolute atomic E-state index is 0.239. The quantitative estimate of drug-likeness (QED) is 0.848. The number of carbonyl (C=O) groups is 2. The number of amides is 1. The van der Waals surface area contributed by atoms with Crippen molar-refractivity contribution in [2.24, 2.45) is 0 Å². The van der Waals surface area contributed by atoms with Crippen LogP contribution in [0, 0.1) is 0 Å². The maximum absolute atomic E-state index is 11.5. The zero-order chi connectivity index (χ0) is 15.9. The molecule has 0 aliphatic heterocycles. The Morgan fingerprint density at radius 1 is 1.10 bits per heavy atom. The molecule has 0 unspecified atom stereocenters. The van der Waals surface area contributed by atoms with Crippen molar-refractivity contribution in [3.05, 3.63) is 35.4 Å². The Kier molecular flexibility index (Phi) is 6.21. The summed E-state index contributed by atoms with van der Waals surface area (Å²) < 4.78 is 10.0. The third-order valence-electron chi connectivity index (χ3n) is 2.51. The lowest BCUT2D eigenvalue weighted by Crippen LogP contribution is -2.32. The van der Waals surface area contributed by atoms with E-state index in [0.29, 0.717) is 13.2 Å². The zero-order valence-corrected chi connectivity index (χ0v) is 13.1. The second-order valence-electron chi connectivity index (χ2n) is 5.65. The van der Waals surface area contributed by atoms with Gasteiger partial charge in [-0.1, -0.05) is 24.3 Å². The van der Waals surface area contributed by atoms with Gasteiger partial charge in [0.2, 0.25) is 0 Å². The molecular weight excluding hydrogens is 270 g/mol. The van der Waals surface area contributed by atoms with Crippen molar-refractivity contribution >= 4 is 12.1 Å². The lowest BCUT2D eigenvalue weighted by molar-refractivity contribution is -0.142. The van der Waals surface area contributed by atoms with Crippen LogP contribution in [-0.4, -0.2) is 24.3 Å². The first kappa shape index (κ1) is 17.0. The summed E-state index contributed by atoms with van der Waals surface area (Å²) in [5.41, 5.74) is 1.32. The summed E-state index contributed by atoms with van der Waals surface area (Å²) in [6.07, 6.45) is -0.189. The first-order chi connectivity index (χ1) is 9.80. The average molecular weight is 293 g/mol. The van der Waals surface area contributed by atoms with Gasteiger partial charge >= 0.3 is 12.1 Å². The van der Waals surface area contributed by atoms with E-state index in [0.717, 1.165) is 11.1 Å². The highest BCUT2D eigenvalue weighted by Gasteiger charge is 2.15. The lowest BCUT2D eigenvalue weighted by Gasteiger charge is -2.19. The molecule has 116 valence electrons. The van der Waals surface area contributed by atoms with Gasteiger partial charge in [0.05, 0.1) is 13.0 Å². The third-order valence-corrected chi connectivity index (χ3v) is 2.51. The Balaban J connectivity index is 2.44. The van der Waals surface area contributed by atoms with Crippen LogP contribution in [0.3, 0.4) is 0 Å². The van der Waals surface area contributed by atoms with Gasteiger partial charge in [-0.15, -0.1) is 0 Å². The fourth-order valence-corrected chi connectivity index (χ4v) is 1.64. The van der Waals surface area contributed by atoms with Crippen LogP contribution in [-0.2, 0) is 27.2 Å². The number of hydrogen-bond donors (Lipinski definition) is 1. The van der Waals surface area contributed by atoms with Gasteiger partial charge in [0.15, 0.2) is 0 Å². The van der Waals surface area contributed by atoms with Crippen LogP contribution in [0.5, 0.6) is 0 Å². The molecule has 1 rings (SSSR count). The molecule has 0 fully saturated rings. The van der Waals surface area contributed by atoms with E-state index < -0.39 is 11.7 Å². The van der Waals surface area contributed by atoms with Crippen LogP contribution in [0.2, 0.25) is 0 Å². The Morgan fingerprint density at radius 3 is 2.19 bits per heavy atom. The Hall–Kier alpha value is -2.04. The molecule has 5 nitrogen and oxygen atoms in total. The van der Waals surface area contributed by atoms with Crippen molar-refractivity contribution in [3.8, 4) is 0 Å². The molecule has 5 heteroatoms. The van der Waals surface area contributed by atoms with E-state index in [9.17, 15) is 9.59 Å². The Morgan fingerprint density at radius 2 is 1.67 bits per heavy atom. The molecule has 0 saturated carbocycles. The molecule has 0 aromatic heterocycles. The zero-order valence-electron chi connectivity index (χ0n) is 13.1. The SMILES string of the molecule is CCOC(=O)Cc1ccc(CNC(=O)OC(C)(C)C)cc1. The highest BCUT2D eigenvalue weighted by molar-refractivity contribution is 5.72. The van der Waals surface area contributed by atoms with Crippen molar-refractivity contribution in [2.75, 3.05) is 6.61 Å². The molecule has 0 saturated heterocycles. The number of rotatable bonds is 5. The van der Waals surface area contributed by atoms with Crippen molar-refractivity contribution in [1.29, 1.82) is 0 Å². The molecule has 0 heterocycles. The molecule has 0 aliphatic rings. The van der Waals surface area contributed by atoms with Gasteiger partial charge < -0.3 is 14.8 Å². The molecule has 0 aliphatic carbocycles. The van der Waals surface area contributed by atoms with Crippen LogP contribution in [0.25, 0.3) is 0 Å². The van der Waals surface area contributed by atoms with Crippen LogP contribution in [0.15, 0.2) is 24.3 Å². The Bertz CT molecular complexity index is 474. The summed E-state index contributed by atoms with van der Waals surface area (Å²) in [5.74, 6) is -0.239. The van der Waals surface area contributed by atoms with E-state index in [-0.39, 0.29) is 12.4 Å². The van der Waals surface area contributed by atoms with Gasteiger partial charge in [0, 0.05) is 6.54 Å². The fraction of sp³-hybridized carbons (Fsp3) is 0.500. The van der Waals surface area contributed by atoms with Crippen molar-refractivity contribution in [3.63, 3.8) is 0 Å². The number of nitrogens with one attached hydrogen (secondary N) is 1. The van der Waals surface area contributed by atoms with E-state index >= 15 is 0 Å². The monoisotopic (exact) mass is 293 g/mol. The van der Waals surface area contributed by atoms with Gasteiger partial charge in [0.25, 0.3) is 0 Å². The van der Waals surface area contributed by atoms with Crippen LogP contribution >= 0.6 is 0 Å². The number of hydrogen-bond acceptors (Lipinski definition) is 4. The largest absolute Gasteiger partial charge is 0.466 e. The second kappa shape index (κ2) is 7.67. The summed E-state index contributed by atoms with van der Waals surface area (Å²) in [4.78, 5) is 22.9. The number of benzene rings is 1. The summed E-state index contributed by atoms with van der Waals surface area (Å²) in [6, 6.07) is 7.43. The summed E-state index contributed by atoms with van der Waals surface area (Å²) >= 11 is 0. The standard InChI is InChI=1S/C16H23NO4/c1-5-20-14(18)10-12-6-8-13(9-7-12)11-17-15(19)21-16(2,3)4/h6-9H,5,10-11H2,1-4H3,(H,17,19). The van der Waals surface area contributed by atoms with Crippen LogP contribution in [0.4, 0.5) is 4.79 Å². The summed E-state index contributed by atoms with van der Waals surface area (Å²) in [5, 5.41) is 2.68. The smallest absolute Gasteiger partial charge is 0.407 e. The number of ether oxygens (including phenoxy) is 2. The second-order valence-corrected chi connectivity index (χ2v) is 5.65. The summed E-state index contributed by atoms with van der Waals surface area (Å²) in [7, 11) is 0. The maximum atomic E-state index is 11.5. The van der Waals surface area contributed by atoms with E-state index in [1.165, 1.54) is 0 Å². The molecule has 1 N–H and O–H groups in total. The minimum Gasteiger partial charge on any atom is -0.466 e. The van der Waals surface area contributed by atoms with Crippen molar-refractivity contribution in [2.45, 2.75) is 46.3 Å². The molecule has 1 aromatic carbocycles. The molecule has 1 amide bonds. The topological polar surface area (TPSA) is 64.6 Å². The molecule has 0 bridgehead atoms. The first-order valence-electron chi connectivity index (χ1n) is 7.00. The van der Waals surface area contributed by atoms with Crippen molar-refractivity contribution < 1.29 is 19.1 Å². The molecule has 1 aromatic rings. The predicted octanol–water partition coefficient (Wildman–Crippen LogP) is 2.82. The molecule has 0 radical (unpaired) electrons. The average Bonchev–Trinajstić information content (AvgIpc) is 2.36. The minimum atomic E-state index is -0.506. The number of carbonyl (C=O) groups excluding carboxylic acids is 2. The predicted molar refractivity (Wildman–Crippen MR) is 79.9 cm³/mol. The lowest BCUT2D eigenvalue weighted by atomic mass is 10.1. The normalized spacial score (nSPS) is 10.9. The molecule has 21 heavy (non-hydrogen) atoms. The van der Waals surface area contributed by atoms with Gasteiger partial charge in [0.1, 0.15) is 5.60 Å². The van der Waals surface area contributed by atoms with Gasteiger partial charge in [-0.05, 0) is 38.8 Å². The molecule has 0 spiro atoms. The third kappa shape index (κ3) is 7.34. The van der Waals surface area contributed by atoms with Crippen LogP contribution < -0.4 is 5.32 Å². The maximum Gasteiger partial charge on any atom is 0.407 e. The first-order valence-corrected chi connectivity index (χ1v) is 7.00. The van der Waals surface area contributed by atoms with Gasteiger partial charge in [-0.3, -0.25) is 4.79 Å². The number of alkyl carbamates (subject to hydrolysis) is 1. The highest BCUT2D eigenvalue weighted by Crippen LogP contribution is 2.08. The van der Waals surface area contributed by atoms with E-state index in [1.54, 1.807) is 6.92 Å². The van der Waals surface area contributed by atoms with Gasteiger partial charge in [-0.2, -0.15) is 0 Å². The summed E-state index contributed by atoms with van der Waals surface area (Å²) in [6.45, 7) is 8.00. The molecule has 0 atom stereocenters. The highest BCUT2D eigenvalue weighted by atomic mass is 16.6. The number of esters is 1. The Labute approximate surface area is 125 Å². The van der Waals surface area contributed by atoms with E-state index in [4.69, 9.17) is 9.47 Å². The van der Waals surface area contributed by atoms with Crippen LogP contribution in [0.1, 0.15) is 38.8 Å². The van der Waals surface area contributed by atoms with Gasteiger partial charge in [-0.25, -0.2) is 4.79 Å². The van der Waals surface area contributed by atoms with E-state index in [1.807, 2.05) is 45.0 Å². The fourth-order valence-electron chi connectivity index (χ4n) is 1.64.